The minimum atomic E-state index is -0.181. The third kappa shape index (κ3) is 1.08. The van der Waals surface area contributed by atoms with E-state index in [0.717, 1.165) is 11.0 Å². The van der Waals surface area contributed by atoms with Gasteiger partial charge in [0.05, 0.1) is 11.0 Å². The standard InChI is InChI=1S/C10H10N6O/c17-10-12-7-8(13-10)16-6-4-2-1-3-5(6)11-9(16)15-14-7/h1-4,7-8,14H,(H,11,15)(H2,12,13,17)/t7-,8+/m1/s1. The molecule has 7 heteroatoms. The number of carbonyl (C=O) groups excluding carboxylic acids is 1. The second-order valence-corrected chi connectivity index (χ2v) is 4.10. The van der Waals surface area contributed by atoms with Crippen LogP contribution in [-0.4, -0.2) is 21.7 Å². The summed E-state index contributed by atoms with van der Waals surface area (Å²) in [5, 5.41) is 5.64. The number of aromatic nitrogens is 2. The van der Waals surface area contributed by atoms with Crippen molar-refractivity contribution >= 4 is 23.0 Å². The highest BCUT2D eigenvalue weighted by atomic mass is 16.2. The first-order chi connectivity index (χ1) is 8.33. The summed E-state index contributed by atoms with van der Waals surface area (Å²) in [6, 6.07) is 7.65. The van der Waals surface area contributed by atoms with Gasteiger partial charge in [0, 0.05) is 0 Å². The molecule has 4 N–H and O–H groups in total. The lowest BCUT2D eigenvalue weighted by Gasteiger charge is -2.28. The van der Waals surface area contributed by atoms with Gasteiger partial charge >= 0.3 is 6.03 Å². The minimum absolute atomic E-state index is 0.161. The van der Waals surface area contributed by atoms with Gasteiger partial charge in [0.25, 0.3) is 0 Å². The number of urea groups is 1. The molecule has 3 heterocycles. The number of nitrogens with zero attached hydrogens (tertiary/aromatic N) is 2. The summed E-state index contributed by atoms with van der Waals surface area (Å²) in [6.07, 6.45) is -0.334. The average molecular weight is 230 g/mol. The van der Waals surface area contributed by atoms with Crippen molar-refractivity contribution in [2.24, 2.45) is 0 Å². The molecule has 1 saturated heterocycles. The minimum Gasteiger partial charge on any atom is -0.317 e. The summed E-state index contributed by atoms with van der Waals surface area (Å²) >= 11 is 0. The fourth-order valence-electron chi connectivity index (χ4n) is 2.36. The van der Waals surface area contributed by atoms with Gasteiger partial charge in [0.2, 0.25) is 5.95 Å². The van der Waals surface area contributed by atoms with Crippen LogP contribution >= 0.6 is 0 Å². The van der Waals surface area contributed by atoms with Gasteiger partial charge in [0.15, 0.2) is 0 Å². The molecule has 1 aromatic carbocycles. The van der Waals surface area contributed by atoms with Crippen LogP contribution in [0.15, 0.2) is 24.3 Å². The molecule has 86 valence electrons. The first-order valence-corrected chi connectivity index (χ1v) is 5.38. The molecule has 0 unspecified atom stereocenters. The SMILES string of the molecule is O=C1N[C@@H]2NNc3nc4ccccc4n3[C@@H]2N1. The number of hydrazine groups is 1. The van der Waals surface area contributed by atoms with Crippen LogP contribution in [0.4, 0.5) is 10.7 Å². The number of imidazole rings is 1. The van der Waals surface area contributed by atoms with Crippen LogP contribution in [0.5, 0.6) is 0 Å². The Morgan fingerprint density at radius 1 is 1.24 bits per heavy atom. The van der Waals surface area contributed by atoms with Crippen LogP contribution < -0.4 is 21.5 Å². The van der Waals surface area contributed by atoms with Crippen molar-refractivity contribution in [3.05, 3.63) is 24.3 Å². The van der Waals surface area contributed by atoms with Crippen molar-refractivity contribution in [1.29, 1.82) is 0 Å². The molecule has 2 aromatic rings. The van der Waals surface area contributed by atoms with Gasteiger partial charge in [0.1, 0.15) is 12.3 Å². The van der Waals surface area contributed by atoms with E-state index in [0.29, 0.717) is 5.95 Å². The molecule has 2 amide bonds. The van der Waals surface area contributed by atoms with Crippen molar-refractivity contribution in [3.63, 3.8) is 0 Å². The van der Waals surface area contributed by atoms with Crippen LogP contribution in [0.3, 0.4) is 0 Å². The van der Waals surface area contributed by atoms with Crippen molar-refractivity contribution in [2.75, 3.05) is 5.43 Å². The summed E-state index contributed by atoms with van der Waals surface area (Å²) in [7, 11) is 0. The number of anilines is 1. The molecular weight excluding hydrogens is 220 g/mol. The molecule has 0 radical (unpaired) electrons. The maximum Gasteiger partial charge on any atom is 0.317 e. The maximum atomic E-state index is 11.4. The molecule has 0 bridgehead atoms. The summed E-state index contributed by atoms with van der Waals surface area (Å²) in [6.45, 7) is 0. The van der Waals surface area contributed by atoms with Gasteiger partial charge in [-0.1, -0.05) is 12.1 Å². The van der Waals surface area contributed by atoms with Crippen molar-refractivity contribution < 1.29 is 4.79 Å². The Balaban J connectivity index is 1.96. The number of amides is 2. The number of benzene rings is 1. The average Bonchev–Trinajstić information content (AvgIpc) is 2.87. The highest BCUT2D eigenvalue weighted by Crippen LogP contribution is 2.28. The predicted octanol–water partition coefficient (Wildman–Crippen LogP) is 0.104. The predicted molar refractivity (Wildman–Crippen MR) is 61.0 cm³/mol. The van der Waals surface area contributed by atoms with E-state index in [9.17, 15) is 4.79 Å². The van der Waals surface area contributed by atoms with Gasteiger partial charge in [-0.05, 0) is 12.1 Å². The number of rotatable bonds is 0. The first kappa shape index (κ1) is 8.82. The molecule has 1 fully saturated rings. The van der Waals surface area contributed by atoms with E-state index in [2.05, 4.69) is 26.5 Å². The van der Waals surface area contributed by atoms with Crippen LogP contribution in [-0.2, 0) is 0 Å². The van der Waals surface area contributed by atoms with E-state index in [1.807, 2.05) is 28.8 Å². The quantitative estimate of drug-likeness (QED) is 0.517. The second kappa shape index (κ2) is 2.89. The lowest BCUT2D eigenvalue weighted by atomic mass is 10.3. The van der Waals surface area contributed by atoms with Crippen molar-refractivity contribution in [1.82, 2.24) is 25.6 Å². The summed E-state index contributed by atoms with van der Waals surface area (Å²) in [5.41, 5.74) is 7.89. The lowest BCUT2D eigenvalue weighted by molar-refractivity contribution is 0.246. The normalized spacial score (nSPS) is 25.8. The van der Waals surface area contributed by atoms with Gasteiger partial charge in [-0.3, -0.25) is 9.99 Å². The molecule has 2 atom stereocenters. The molecule has 2 aliphatic rings. The zero-order valence-corrected chi connectivity index (χ0v) is 8.77. The molecule has 17 heavy (non-hydrogen) atoms. The van der Waals surface area contributed by atoms with Crippen LogP contribution in [0.1, 0.15) is 6.17 Å². The number of hydrogen-bond donors (Lipinski definition) is 4. The second-order valence-electron chi connectivity index (χ2n) is 4.10. The Bertz CT molecular complexity index is 620. The van der Waals surface area contributed by atoms with Gasteiger partial charge in [-0.15, -0.1) is 0 Å². The fraction of sp³-hybridized carbons (Fsp3) is 0.200. The Morgan fingerprint density at radius 2 is 2.12 bits per heavy atom. The Kier molecular flexibility index (Phi) is 1.50. The Hall–Kier alpha value is -2.28. The molecule has 2 aliphatic heterocycles. The van der Waals surface area contributed by atoms with Crippen LogP contribution in [0.2, 0.25) is 0 Å². The van der Waals surface area contributed by atoms with E-state index in [1.165, 1.54) is 0 Å². The zero-order chi connectivity index (χ0) is 11.4. The number of para-hydroxylation sites is 2. The molecule has 7 nitrogen and oxygen atoms in total. The number of carbonyl (C=O) groups is 1. The number of fused-ring (bicyclic) bond motifs is 5. The van der Waals surface area contributed by atoms with Crippen molar-refractivity contribution in [3.8, 4) is 0 Å². The van der Waals surface area contributed by atoms with Gasteiger partial charge in [-0.2, -0.15) is 0 Å². The summed E-state index contributed by atoms with van der Waals surface area (Å²) in [4.78, 5) is 15.8. The summed E-state index contributed by atoms with van der Waals surface area (Å²) in [5.74, 6) is 0.705. The zero-order valence-electron chi connectivity index (χ0n) is 8.77. The summed E-state index contributed by atoms with van der Waals surface area (Å²) < 4.78 is 1.98. The molecule has 0 aliphatic carbocycles. The van der Waals surface area contributed by atoms with E-state index in [-0.39, 0.29) is 18.4 Å². The largest absolute Gasteiger partial charge is 0.317 e. The van der Waals surface area contributed by atoms with Crippen LogP contribution in [0.25, 0.3) is 11.0 Å². The fourth-order valence-corrected chi connectivity index (χ4v) is 2.36. The first-order valence-electron chi connectivity index (χ1n) is 5.38. The van der Waals surface area contributed by atoms with E-state index >= 15 is 0 Å². The van der Waals surface area contributed by atoms with Crippen LogP contribution in [0, 0.1) is 0 Å². The number of hydrogen-bond acceptors (Lipinski definition) is 4. The monoisotopic (exact) mass is 230 g/mol. The van der Waals surface area contributed by atoms with E-state index < -0.39 is 0 Å². The topological polar surface area (TPSA) is 83.0 Å². The molecule has 0 saturated carbocycles. The molecule has 4 rings (SSSR count). The number of nitrogens with one attached hydrogen (secondary N) is 4. The van der Waals surface area contributed by atoms with E-state index in [1.54, 1.807) is 0 Å². The molecule has 0 spiro atoms. The van der Waals surface area contributed by atoms with E-state index in [4.69, 9.17) is 0 Å². The smallest absolute Gasteiger partial charge is 0.317 e. The van der Waals surface area contributed by atoms with Crippen molar-refractivity contribution in [2.45, 2.75) is 12.3 Å². The highest BCUT2D eigenvalue weighted by molar-refractivity contribution is 5.81. The Labute approximate surface area is 96.2 Å². The molecule has 1 aromatic heterocycles. The Morgan fingerprint density at radius 3 is 3.06 bits per heavy atom. The highest BCUT2D eigenvalue weighted by Gasteiger charge is 2.38. The maximum absolute atomic E-state index is 11.4. The third-order valence-electron chi connectivity index (χ3n) is 3.09. The lowest BCUT2D eigenvalue weighted by Crippen LogP contribution is -2.50. The van der Waals surface area contributed by atoms with Gasteiger partial charge < -0.3 is 10.6 Å². The van der Waals surface area contributed by atoms with Gasteiger partial charge in [-0.25, -0.2) is 15.2 Å². The molecular formula is C10H10N6O. The third-order valence-corrected chi connectivity index (χ3v) is 3.09.